The van der Waals surface area contributed by atoms with E-state index >= 15 is 0 Å². The number of rotatable bonds is 2. The van der Waals surface area contributed by atoms with Crippen LogP contribution >= 0.6 is 0 Å². The molecule has 2 atom stereocenters. The van der Waals surface area contributed by atoms with E-state index < -0.39 is 0 Å². The van der Waals surface area contributed by atoms with E-state index in [0.717, 1.165) is 39.0 Å². The van der Waals surface area contributed by atoms with Crippen LogP contribution in [0.1, 0.15) is 33.7 Å². The van der Waals surface area contributed by atoms with Crippen molar-refractivity contribution in [2.45, 2.75) is 12.8 Å². The predicted molar refractivity (Wildman–Crippen MR) is 82.6 cm³/mol. The lowest BCUT2D eigenvalue weighted by molar-refractivity contribution is 0.0757. The van der Waals surface area contributed by atoms with Gasteiger partial charge in [-0.1, -0.05) is 0 Å². The van der Waals surface area contributed by atoms with Gasteiger partial charge >= 0.3 is 0 Å². The molecule has 2 N–H and O–H groups in total. The third-order valence-electron chi connectivity index (χ3n) is 4.78. The Balaban J connectivity index is 1.67. The molecule has 3 rings (SSSR count). The molecule has 0 radical (unpaired) electrons. The van der Waals surface area contributed by atoms with E-state index in [4.69, 9.17) is 0 Å². The lowest BCUT2D eigenvalue weighted by atomic mass is 9.92. The zero-order chi connectivity index (χ0) is 15.5. The maximum absolute atomic E-state index is 12.6. The van der Waals surface area contributed by atoms with Crippen LogP contribution in [0.4, 0.5) is 0 Å². The molecule has 2 saturated heterocycles. The number of fused-ring (bicyclic) bond motifs is 1. The van der Waals surface area contributed by atoms with Gasteiger partial charge in [0, 0.05) is 26.3 Å². The normalized spacial score (nSPS) is 24.5. The van der Waals surface area contributed by atoms with Crippen LogP contribution in [-0.4, -0.2) is 54.9 Å². The third kappa shape index (κ3) is 2.97. The molecule has 3 heterocycles. The van der Waals surface area contributed by atoms with E-state index in [1.54, 1.807) is 19.2 Å². The zero-order valence-corrected chi connectivity index (χ0v) is 12.8. The SMILES string of the molecule is CNC(=O)c1ccc(C(=O)N2CC[C@@H]3CNC[C@@H]3CC2)cn1. The molecule has 1 aromatic rings. The summed E-state index contributed by atoms with van der Waals surface area (Å²) >= 11 is 0. The Morgan fingerprint density at radius 3 is 2.45 bits per heavy atom. The van der Waals surface area contributed by atoms with Crippen LogP contribution < -0.4 is 10.6 Å². The smallest absolute Gasteiger partial charge is 0.269 e. The van der Waals surface area contributed by atoms with E-state index in [9.17, 15) is 9.59 Å². The molecule has 1 aromatic heterocycles. The Labute approximate surface area is 130 Å². The van der Waals surface area contributed by atoms with Crippen molar-refractivity contribution in [1.29, 1.82) is 0 Å². The summed E-state index contributed by atoms with van der Waals surface area (Å²) in [5.74, 6) is 1.18. The standard InChI is InChI=1S/C16H22N4O2/c1-17-15(21)14-3-2-13(10-19-14)16(22)20-6-4-11-8-18-9-12(11)5-7-20/h2-3,10-12,18H,4-9H2,1H3,(H,17,21)/t11-,12+. The number of nitrogens with zero attached hydrogens (tertiary/aromatic N) is 2. The number of hydrogen-bond acceptors (Lipinski definition) is 4. The molecule has 6 nitrogen and oxygen atoms in total. The van der Waals surface area contributed by atoms with Gasteiger partial charge in [0.05, 0.1) is 5.56 Å². The number of amides is 2. The minimum Gasteiger partial charge on any atom is -0.354 e. The van der Waals surface area contributed by atoms with E-state index in [1.807, 2.05) is 4.90 Å². The molecule has 118 valence electrons. The summed E-state index contributed by atoms with van der Waals surface area (Å²) < 4.78 is 0. The fourth-order valence-corrected chi connectivity index (χ4v) is 3.39. The van der Waals surface area contributed by atoms with Gasteiger partial charge in [-0.25, -0.2) is 0 Å². The summed E-state index contributed by atoms with van der Waals surface area (Å²) in [5.41, 5.74) is 0.883. The maximum Gasteiger partial charge on any atom is 0.269 e. The van der Waals surface area contributed by atoms with Crippen molar-refractivity contribution in [2.24, 2.45) is 11.8 Å². The molecule has 0 spiro atoms. The van der Waals surface area contributed by atoms with Gasteiger partial charge in [-0.15, -0.1) is 0 Å². The average molecular weight is 302 g/mol. The second-order valence-corrected chi connectivity index (χ2v) is 6.06. The zero-order valence-electron chi connectivity index (χ0n) is 12.8. The first-order valence-corrected chi connectivity index (χ1v) is 7.87. The Kier molecular flexibility index (Phi) is 4.38. The molecule has 0 aromatic carbocycles. The Bertz CT molecular complexity index is 544. The van der Waals surface area contributed by atoms with Gasteiger partial charge in [-0.3, -0.25) is 14.6 Å². The average Bonchev–Trinajstić information content (AvgIpc) is 2.92. The summed E-state index contributed by atoms with van der Waals surface area (Å²) in [6.45, 7) is 3.77. The maximum atomic E-state index is 12.6. The number of likely N-dealkylation sites (tertiary alicyclic amines) is 1. The number of nitrogens with one attached hydrogen (secondary N) is 2. The summed E-state index contributed by atoms with van der Waals surface area (Å²) in [4.78, 5) is 30.1. The molecular weight excluding hydrogens is 280 g/mol. The number of pyridine rings is 1. The first kappa shape index (κ1) is 15.0. The highest BCUT2D eigenvalue weighted by Crippen LogP contribution is 2.27. The summed E-state index contributed by atoms with van der Waals surface area (Å²) in [7, 11) is 1.56. The highest BCUT2D eigenvalue weighted by molar-refractivity contribution is 5.96. The molecule has 2 aliphatic heterocycles. The van der Waals surface area contributed by atoms with Crippen molar-refractivity contribution in [3.8, 4) is 0 Å². The van der Waals surface area contributed by atoms with Crippen molar-refractivity contribution in [3.63, 3.8) is 0 Å². The first-order valence-electron chi connectivity index (χ1n) is 7.87. The van der Waals surface area contributed by atoms with Crippen molar-refractivity contribution in [2.75, 3.05) is 33.2 Å². The Hall–Kier alpha value is -1.95. The second-order valence-electron chi connectivity index (χ2n) is 6.06. The van der Waals surface area contributed by atoms with Gasteiger partial charge in [0.15, 0.2) is 0 Å². The fourth-order valence-electron chi connectivity index (χ4n) is 3.39. The van der Waals surface area contributed by atoms with E-state index in [2.05, 4.69) is 15.6 Å². The predicted octanol–water partition coefficient (Wildman–Crippen LogP) is 0.513. The van der Waals surface area contributed by atoms with Crippen LogP contribution in [0.3, 0.4) is 0 Å². The van der Waals surface area contributed by atoms with E-state index in [0.29, 0.717) is 23.1 Å². The number of hydrogen-bond donors (Lipinski definition) is 2. The number of carbonyl (C=O) groups is 2. The van der Waals surface area contributed by atoms with Crippen molar-refractivity contribution < 1.29 is 9.59 Å². The van der Waals surface area contributed by atoms with Crippen LogP contribution in [0.25, 0.3) is 0 Å². The topological polar surface area (TPSA) is 74.3 Å². The Morgan fingerprint density at radius 2 is 1.91 bits per heavy atom. The van der Waals surface area contributed by atoms with Gasteiger partial charge in [-0.2, -0.15) is 0 Å². The monoisotopic (exact) mass is 302 g/mol. The highest BCUT2D eigenvalue weighted by Gasteiger charge is 2.31. The molecule has 0 aliphatic carbocycles. The van der Waals surface area contributed by atoms with Crippen LogP contribution in [0, 0.1) is 11.8 Å². The fraction of sp³-hybridized carbons (Fsp3) is 0.562. The van der Waals surface area contributed by atoms with Gasteiger partial charge in [0.2, 0.25) is 0 Å². The van der Waals surface area contributed by atoms with Crippen LogP contribution in [-0.2, 0) is 0 Å². The highest BCUT2D eigenvalue weighted by atomic mass is 16.2. The molecule has 2 amide bonds. The molecule has 2 aliphatic rings. The molecule has 0 unspecified atom stereocenters. The summed E-state index contributed by atoms with van der Waals surface area (Å²) in [6.07, 6.45) is 3.63. The molecule has 2 fully saturated rings. The lowest BCUT2D eigenvalue weighted by Crippen LogP contribution is -2.33. The largest absolute Gasteiger partial charge is 0.354 e. The molecule has 0 saturated carbocycles. The molecule has 6 heteroatoms. The number of carbonyl (C=O) groups excluding carboxylic acids is 2. The van der Waals surface area contributed by atoms with Gasteiger partial charge in [-0.05, 0) is 49.9 Å². The van der Waals surface area contributed by atoms with Crippen molar-refractivity contribution in [1.82, 2.24) is 20.5 Å². The second kappa shape index (κ2) is 6.44. The quantitative estimate of drug-likeness (QED) is 0.835. The minimum absolute atomic E-state index is 0.0175. The van der Waals surface area contributed by atoms with Crippen LogP contribution in [0.2, 0.25) is 0 Å². The third-order valence-corrected chi connectivity index (χ3v) is 4.78. The first-order chi connectivity index (χ1) is 10.7. The summed E-state index contributed by atoms with van der Waals surface area (Å²) in [6, 6.07) is 3.29. The van der Waals surface area contributed by atoms with Crippen LogP contribution in [0.15, 0.2) is 18.3 Å². The minimum atomic E-state index is -0.242. The van der Waals surface area contributed by atoms with Crippen LogP contribution in [0.5, 0.6) is 0 Å². The molecule has 22 heavy (non-hydrogen) atoms. The van der Waals surface area contributed by atoms with Gasteiger partial charge in [0.1, 0.15) is 5.69 Å². The van der Waals surface area contributed by atoms with Crippen molar-refractivity contribution >= 4 is 11.8 Å². The molecular formula is C16H22N4O2. The van der Waals surface area contributed by atoms with E-state index in [-0.39, 0.29) is 11.8 Å². The molecule has 0 bridgehead atoms. The number of aromatic nitrogens is 1. The lowest BCUT2D eigenvalue weighted by Gasteiger charge is -2.20. The van der Waals surface area contributed by atoms with E-state index in [1.165, 1.54) is 6.20 Å². The van der Waals surface area contributed by atoms with Gasteiger partial charge in [0.25, 0.3) is 11.8 Å². The summed E-state index contributed by atoms with van der Waals surface area (Å²) in [5, 5.41) is 5.96. The Morgan fingerprint density at radius 1 is 1.23 bits per heavy atom. The van der Waals surface area contributed by atoms with Gasteiger partial charge < -0.3 is 15.5 Å². The van der Waals surface area contributed by atoms with Crippen molar-refractivity contribution in [3.05, 3.63) is 29.6 Å².